The van der Waals surface area contributed by atoms with E-state index in [0.717, 1.165) is 13.0 Å². The Balaban J connectivity index is 1.97. The highest BCUT2D eigenvalue weighted by Crippen LogP contribution is 2.11. The zero-order chi connectivity index (χ0) is 13.0. The Morgan fingerprint density at radius 3 is 2.78 bits per heavy atom. The maximum absolute atomic E-state index is 12.0. The number of amides is 1. The highest BCUT2D eigenvalue weighted by Gasteiger charge is 2.17. The van der Waals surface area contributed by atoms with E-state index < -0.39 is 0 Å². The van der Waals surface area contributed by atoms with Gasteiger partial charge in [0.2, 0.25) is 5.91 Å². The first-order valence-electron chi connectivity index (χ1n) is 5.96. The molecule has 0 aliphatic carbocycles. The van der Waals surface area contributed by atoms with E-state index in [9.17, 15) is 9.59 Å². The first-order valence-corrected chi connectivity index (χ1v) is 5.96. The Bertz CT molecular complexity index is 442. The first-order chi connectivity index (χ1) is 8.65. The van der Waals surface area contributed by atoms with Crippen LogP contribution >= 0.6 is 0 Å². The van der Waals surface area contributed by atoms with Crippen LogP contribution in [0, 0.1) is 0 Å². The van der Waals surface area contributed by atoms with Crippen LogP contribution < -0.4 is 5.32 Å². The van der Waals surface area contributed by atoms with Crippen molar-refractivity contribution in [3.05, 3.63) is 29.8 Å². The molecule has 0 radical (unpaired) electrons. The molecule has 0 saturated carbocycles. The molecule has 0 unspecified atom stereocenters. The molecule has 96 valence electrons. The van der Waals surface area contributed by atoms with E-state index in [1.165, 1.54) is 12.1 Å². The molecule has 1 aromatic carbocycles. The number of phenolic OH excluding ortho intramolecular Hbond substituents is 1. The van der Waals surface area contributed by atoms with Crippen molar-refractivity contribution in [1.82, 2.24) is 10.2 Å². The molecule has 1 amide bonds. The van der Waals surface area contributed by atoms with Crippen LogP contribution in [0.15, 0.2) is 24.3 Å². The van der Waals surface area contributed by atoms with Crippen molar-refractivity contribution in [3.8, 4) is 5.75 Å². The van der Waals surface area contributed by atoms with Crippen LogP contribution in [-0.4, -0.2) is 47.9 Å². The Kier molecular flexibility index (Phi) is 3.94. The molecule has 0 aromatic heterocycles. The summed E-state index contributed by atoms with van der Waals surface area (Å²) in [5.74, 6) is 0.0661. The van der Waals surface area contributed by atoms with Crippen molar-refractivity contribution in [2.24, 2.45) is 0 Å². The van der Waals surface area contributed by atoms with E-state index >= 15 is 0 Å². The summed E-state index contributed by atoms with van der Waals surface area (Å²) in [6.07, 6.45) is 0.856. The molecule has 1 heterocycles. The fourth-order valence-electron chi connectivity index (χ4n) is 1.95. The van der Waals surface area contributed by atoms with Crippen molar-refractivity contribution < 1.29 is 14.7 Å². The summed E-state index contributed by atoms with van der Waals surface area (Å²) >= 11 is 0. The summed E-state index contributed by atoms with van der Waals surface area (Å²) in [5, 5.41) is 11.9. The number of hydrogen-bond acceptors (Lipinski definition) is 4. The molecular formula is C13H16N2O3. The van der Waals surface area contributed by atoms with Gasteiger partial charge in [0.05, 0.1) is 13.1 Å². The zero-order valence-corrected chi connectivity index (χ0v) is 10.1. The number of phenols is 1. The molecule has 5 heteroatoms. The lowest BCUT2D eigenvalue weighted by Gasteiger charge is -2.17. The third-order valence-corrected chi connectivity index (χ3v) is 2.90. The number of benzene rings is 1. The Hall–Kier alpha value is -1.88. The monoisotopic (exact) mass is 248 g/mol. The minimum Gasteiger partial charge on any atom is -0.508 e. The highest BCUT2D eigenvalue weighted by atomic mass is 16.3. The van der Waals surface area contributed by atoms with Crippen LogP contribution in [-0.2, 0) is 4.79 Å². The number of nitrogens with one attached hydrogen (secondary N) is 1. The van der Waals surface area contributed by atoms with Gasteiger partial charge in [0.25, 0.3) is 0 Å². The van der Waals surface area contributed by atoms with Gasteiger partial charge in [0, 0.05) is 18.7 Å². The topological polar surface area (TPSA) is 69.6 Å². The lowest BCUT2D eigenvalue weighted by molar-refractivity contribution is -0.121. The second-order valence-corrected chi connectivity index (χ2v) is 4.38. The summed E-state index contributed by atoms with van der Waals surface area (Å²) in [5.41, 5.74) is 0.553. The van der Waals surface area contributed by atoms with Gasteiger partial charge >= 0.3 is 0 Å². The minimum atomic E-state index is -0.0373. The SMILES string of the molecule is O=C1CN(CC(=O)c2ccc(O)cc2)CCCN1. The average molecular weight is 248 g/mol. The number of hydrogen-bond donors (Lipinski definition) is 2. The van der Waals surface area contributed by atoms with Gasteiger partial charge in [-0.05, 0) is 30.7 Å². The molecule has 1 aromatic rings. The number of carbonyl (C=O) groups is 2. The molecule has 2 rings (SSSR count). The molecular weight excluding hydrogens is 232 g/mol. The molecule has 1 saturated heterocycles. The normalized spacial score (nSPS) is 17.0. The molecule has 1 aliphatic heterocycles. The Morgan fingerprint density at radius 2 is 2.06 bits per heavy atom. The maximum atomic E-state index is 12.0. The summed E-state index contributed by atoms with van der Waals surface area (Å²) < 4.78 is 0. The minimum absolute atomic E-state index is 0.0361. The largest absolute Gasteiger partial charge is 0.508 e. The maximum Gasteiger partial charge on any atom is 0.234 e. The molecule has 0 bridgehead atoms. The van der Waals surface area contributed by atoms with Gasteiger partial charge in [-0.25, -0.2) is 0 Å². The first kappa shape index (κ1) is 12.6. The van der Waals surface area contributed by atoms with Gasteiger partial charge in [-0.15, -0.1) is 0 Å². The van der Waals surface area contributed by atoms with E-state index in [1.54, 1.807) is 12.1 Å². The molecule has 5 nitrogen and oxygen atoms in total. The number of ketones is 1. The number of carbonyl (C=O) groups excluding carboxylic acids is 2. The molecule has 0 spiro atoms. The highest BCUT2D eigenvalue weighted by molar-refractivity contribution is 5.98. The molecule has 1 aliphatic rings. The number of rotatable bonds is 3. The van der Waals surface area contributed by atoms with Crippen LogP contribution in [0.5, 0.6) is 5.75 Å². The van der Waals surface area contributed by atoms with Crippen molar-refractivity contribution >= 4 is 11.7 Å². The van der Waals surface area contributed by atoms with Gasteiger partial charge in [-0.3, -0.25) is 14.5 Å². The van der Waals surface area contributed by atoms with Crippen LogP contribution in [0.25, 0.3) is 0 Å². The molecule has 0 atom stereocenters. The predicted molar refractivity (Wildman–Crippen MR) is 66.5 cm³/mol. The smallest absolute Gasteiger partial charge is 0.234 e. The van der Waals surface area contributed by atoms with E-state index in [-0.39, 0.29) is 30.5 Å². The fraction of sp³-hybridized carbons (Fsp3) is 0.385. The predicted octanol–water partition coefficient (Wildman–Crippen LogP) is 0.397. The van der Waals surface area contributed by atoms with Crippen molar-refractivity contribution in [2.75, 3.05) is 26.2 Å². The quantitative estimate of drug-likeness (QED) is 0.760. The van der Waals surface area contributed by atoms with Crippen LogP contribution in [0.3, 0.4) is 0 Å². The molecule has 18 heavy (non-hydrogen) atoms. The van der Waals surface area contributed by atoms with Crippen molar-refractivity contribution in [3.63, 3.8) is 0 Å². The standard InChI is InChI=1S/C13H16N2O3/c16-11-4-2-10(3-5-11)12(17)8-15-7-1-6-14-13(18)9-15/h2-5,16H,1,6-9H2,(H,14,18). The number of aromatic hydroxyl groups is 1. The molecule has 2 N–H and O–H groups in total. The number of Topliss-reactive ketones (excluding diaryl/α,β-unsaturated/α-hetero) is 1. The van der Waals surface area contributed by atoms with Crippen LogP contribution in [0.2, 0.25) is 0 Å². The van der Waals surface area contributed by atoms with Gasteiger partial charge in [-0.1, -0.05) is 0 Å². The zero-order valence-electron chi connectivity index (χ0n) is 10.1. The van der Waals surface area contributed by atoms with Crippen LogP contribution in [0.4, 0.5) is 0 Å². The van der Waals surface area contributed by atoms with E-state index in [1.807, 2.05) is 4.90 Å². The lowest BCUT2D eigenvalue weighted by Crippen LogP contribution is -2.36. The van der Waals surface area contributed by atoms with E-state index in [0.29, 0.717) is 12.1 Å². The van der Waals surface area contributed by atoms with E-state index in [4.69, 9.17) is 5.11 Å². The van der Waals surface area contributed by atoms with Gasteiger partial charge in [0.1, 0.15) is 5.75 Å². The summed E-state index contributed by atoms with van der Waals surface area (Å²) in [6, 6.07) is 6.16. The van der Waals surface area contributed by atoms with Crippen molar-refractivity contribution in [2.45, 2.75) is 6.42 Å². The summed E-state index contributed by atoms with van der Waals surface area (Å²) in [4.78, 5) is 25.2. The third-order valence-electron chi connectivity index (χ3n) is 2.90. The summed E-state index contributed by atoms with van der Waals surface area (Å²) in [6.45, 7) is 1.91. The van der Waals surface area contributed by atoms with Crippen molar-refractivity contribution in [1.29, 1.82) is 0 Å². The Labute approximate surface area is 105 Å². The second kappa shape index (κ2) is 5.64. The second-order valence-electron chi connectivity index (χ2n) is 4.38. The molecule has 1 fully saturated rings. The van der Waals surface area contributed by atoms with Gasteiger partial charge < -0.3 is 10.4 Å². The third kappa shape index (κ3) is 3.30. The fourth-order valence-corrected chi connectivity index (χ4v) is 1.95. The van der Waals surface area contributed by atoms with Crippen LogP contribution in [0.1, 0.15) is 16.8 Å². The Morgan fingerprint density at radius 1 is 1.33 bits per heavy atom. The number of nitrogens with zero attached hydrogens (tertiary/aromatic N) is 1. The summed E-state index contributed by atoms with van der Waals surface area (Å²) in [7, 11) is 0. The average Bonchev–Trinajstić information content (AvgIpc) is 2.54. The van der Waals surface area contributed by atoms with Gasteiger partial charge in [0.15, 0.2) is 5.78 Å². The lowest BCUT2D eigenvalue weighted by atomic mass is 10.1. The van der Waals surface area contributed by atoms with Gasteiger partial charge in [-0.2, -0.15) is 0 Å². The van der Waals surface area contributed by atoms with E-state index in [2.05, 4.69) is 5.32 Å².